The molecule has 59 heavy (non-hydrogen) atoms. The van der Waals surface area contributed by atoms with Crippen molar-refractivity contribution in [2.24, 2.45) is 0 Å². The molecule has 0 amide bonds. The van der Waals surface area contributed by atoms with E-state index in [0.717, 1.165) is 89.8 Å². The second kappa shape index (κ2) is 28.5. The van der Waals surface area contributed by atoms with Crippen LogP contribution in [0.4, 0.5) is 0 Å². The van der Waals surface area contributed by atoms with Crippen LogP contribution in [0.3, 0.4) is 0 Å². The fourth-order valence-electron chi connectivity index (χ4n) is 7.26. The molecule has 0 aliphatic rings. The van der Waals surface area contributed by atoms with Gasteiger partial charge in [-0.15, -0.1) is 5.10 Å². The van der Waals surface area contributed by atoms with Crippen LogP contribution >= 0.6 is 11.6 Å². The number of carbonyl (C=O) groups excluding carboxylic acids is 1. The van der Waals surface area contributed by atoms with Crippen LogP contribution in [0.2, 0.25) is 5.02 Å². The Labute approximate surface area is 362 Å². The Morgan fingerprint density at radius 2 is 1.37 bits per heavy atom. The van der Waals surface area contributed by atoms with Crippen LogP contribution < -0.4 is 21.7 Å². The number of carbonyl (C=O) groups is 1. The Bertz CT molecular complexity index is 1910. The van der Waals surface area contributed by atoms with Crippen molar-refractivity contribution in [1.29, 1.82) is 0 Å². The minimum absolute atomic E-state index is 0. The number of ether oxygens (including phenoxy) is 3. The lowest BCUT2D eigenvalue weighted by atomic mass is 10.1. The van der Waals surface area contributed by atoms with E-state index in [4.69, 9.17) is 25.8 Å². The summed E-state index contributed by atoms with van der Waals surface area (Å²) in [6.07, 6.45) is 33.2. The van der Waals surface area contributed by atoms with Crippen molar-refractivity contribution in [3.05, 3.63) is 95.8 Å². The van der Waals surface area contributed by atoms with E-state index >= 15 is 0 Å². The van der Waals surface area contributed by atoms with Crippen LogP contribution in [0, 0.1) is 0 Å². The molecule has 5 rings (SSSR count). The SMILES string of the molecule is CC(=O)Oc1c(-c2cn(CCCCCCCCOCCCc3ccc[n+](CCCCCCCCCCOCCCc4cccnc4)c3)nn2)cc(Cl)c2cccnc12.[Cl-]. The second-order valence-corrected chi connectivity index (χ2v) is 15.7. The molecule has 0 unspecified atom stereocenters. The summed E-state index contributed by atoms with van der Waals surface area (Å²) in [5.41, 5.74) is 4.41. The van der Waals surface area contributed by atoms with Crippen LogP contribution in [0.25, 0.3) is 22.2 Å². The Morgan fingerprint density at radius 3 is 2.07 bits per heavy atom. The fourth-order valence-corrected chi connectivity index (χ4v) is 7.52. The first-order chi connectivity index (χ1) is 28.6. The molecule has 0 bridgehead atoms. The molecule has 4 aromatic heterocycles. The van der Waals surface area contributed by atoms with Gasteiger partial charge in [-0.25, -0.2) is 4.57 Å². The molecule has 0 spiro atoms. The largest absolute Gasteiger partial charge is 1.00 e. The number of unbranched alkanes of at least 4 members (excludes halogenated alkanes) is 12. The zero-order chi connectivity index (χ0) is 40.5. The summed E-state index contributed by atoms with van der Waals surface area (Å²) in [6, 6.07) is 14.0. The lowest BCUT2D eigenvalue weighted by molar-refractivity contribution is -0.697. The maximum atomic E-state index is 11.9. The lowest BCUT2D eigenvalue weighted by Gasteiger charge is -2.11. The normalized spacial score (nSPS) is 11.2. The van der Waals surface area contributed by atoms with Gasteiger partial charge in [-0.2, -0.15) is 0 Å². The predicted molar refractivity (Wildman–Crippen MR) is 231 cm³/mol. The maximum absolute atomic E-state index is 11.9. The highest BCUT2D eigenvalue weighted by Gasteiger charge is 2.19. The number of fused-ring (bicyclic) bond motifs is 1. The summed E-state index contributed by atoms with van der Waals surface area (Å²) < 4.78 is 21.5. The second-order valence-electron chi connectivity index (χ2n) is 15.3. The Morgan fingerprint density at radius 1 is 0.746 bits per heavy atom. The smallest absolute Gasteiger partial charge is 0.308 e. The van der Waals surface area contributed by atoms with Crippen LogP contribution in [-0.2, 0) is 40.2 Å². The van der Waals surface area contributed by atoms with E-state index in [1.165, 1.54) is 88.7 Å². The molecule has 0 saturated heterocycles. The first-order valence-corrected chi connectivity index (χ1v) is 22.1. The summed E-state index contributed by atoms with van der Waals surface area (Å²) in [7, 11) is 0. The predicted octanol–water partition coefficient (Wildman–Crippen LogP) is 7.52. The van der Waals surface area contributed by atoms with Gasteiger partial charge in [0, 0.05) is 81.9 Å². The van der Waals surface area contributed by atoms with Crippen molar-refractivity contribution in [1.82, 2.24) is 25.0 Å². The van der Waals surface area contributed by atoms with Gasteiger partial charge in [0.05, 0.1) is 16.8 Å². The summed E-state index contributed by atoms with van der Waals surface area (Å²) in [6.45, 7) is 6.64. The van der Waals surface area contributed by atoms with Gasteiger partial charge in [-0.1, -0.05) is 80.7 Å². The molecule has 0 N–H and O–H groups in total. The number of hydrogen-bond donors (Lipinski definition) is 0. The highest BCUT2D eigenvalue weighted by molar-refractivity contribution is 6.36. The third-order valence-electron chi connectivity index (χ3n) is 10.4. The number of aromatic nitrogens is 6. The average molecular weight is 848 g/mol. The van der Waals surface area contributed by atoms with Gasteiger partial charge in [-0.3, -0.25) is 19.4 Å². The third-order valence-corrected chi connectivity index (χ3v) is 10.7. The number of benzene rings is 1. The molecular weight excluding hydrogens is 783 g/mol. The van der Waals surface area contributed by atoms with Crippen LogP contribution in [0.5, 0.6) is 5.75 Å². The van der Waals surface area contributed by atoms with Gasteiger partial charge in [0.2, 0.25) is 0 Å². The molecule has 0 radical (unpaired) electrons. The summed E-state index contributed by atoms with van der Waals surface area (Å²) >= 11 is 6.54. The van der Waals surface area contributed by atoms with E-state index in [2.05, 4.69) is 55.4 Å². The van der Waals surface area contributed by atoms with Gasteiger partial charge in [-0.05, 0) is 87.3 Å². The zero-order valence-corrected chi connectivity index (χ0v) is 36.6. The summed E-state index contributed by atoms with van der Waals surface area (Å²) in [5, 5.41) is 9.90. The molecule has 320 valence electrons. The highest BCUT2D eigenvalue weighted by atomic mass is 35.5. The van der Waals surface area contributed by atoms with E-state index in [0.29, 0.717) is 27.5 Å². The van der Waals surface area contributed by atoms with Crippen molar-refractivity contribution in [2.75, 3.05) is 26.4 Å². The van der Waals surface area contributed by atoms with E-state index in [9.17, 15) is 4.79 Å². The number of pyridine rings is 3. The number of nitrogens with zero attached hydrogens (tertiary/aromatic N) is 6. The van der Waals surface area contributed by atoms with Crippen molar-refractivity contribution in [3.63, 3.8) is 0 Å². The number of esters is 1. The Hall–Kier alpha value is -3.96. The first-order valence-electron chi connectivity index (χ1n) is 21.8. The van der Waals surface area contributed by atoms with Crippen molar-refractivity contribution in [2.45, 2.75) is 136 Å². The van der Waals surface area contributed by atoms with E-state index in [1.54, 1.807) is 18.3 Å². The van der Waals surface area contributed by atoms with Crippen LogP contribution in [-0.4, -0.2) is 57.4 Å². The summed E-state index contributed by atoms with van der Waals surface area (Å²) in [5.74, 6) is -0.0781. The Balaban J connectivity index is 0.00000769. The summed E-state index contributed by atoms with van der Waals surface area (Å²) in [4.78, 5) is 20.5. The van der Waals surface area contributed by atoms with Crippen LogP contribution in [0.1, 0.15) is 121 Å². The average Bonchev–Trinajstić information content (AvgIpc) is 3.71. The topological polar surface area (TPSA) is 105 Å². The monoisotopic (exact) mass is 846 g/mol. The molecule has 0 aliphatic heterocycles. The molecule has 0 aliphatic carbocycles. The van der Waals surface area contributed by atoms with Gasteiger partial charge in [0.15, 0.2) is 18.1 Å². The molecule has 0 saturated carbocycles. The van der Waals surface area contributed by atoms with Gasteiger partial charge in [0.25, 0.3) is 0 Å². The van der Waals surface area contributed by atoms with Crippen molar-refractivity contribution in [3.8, 4) is 17.0 Å². The van der Waals surface area contributed by atoms with Crippen molar-refractivity contribution < 1.29 is 36.0 Å². The van der Waals surface area contributed by atoms with Gasteiger partial charge >= 0.3 is 5.97 Å². The van der Waals surface area contributed by atoms with Gasteiger partial charge in [0.1, 0.15) is 17.8 Å². The molecule has 12 heteroatoms. The van der Waals surface area contributed by atoms with Gasteiger partial charge < -0.3 is 26.6 Å². The van der Waals surface area contributed by atoms with Crippen molar-refractivity contribution >= 4 is 28.5 Å². The zero-order valence-electron chi connectivity index (χ0n) is 35.0. The number of rotatable bonds is 30. The number of halogens is 2. The number of aryl methyl sites for hydroxylation is 4. The molecule has 10 nitrogen and oxygen atoms in total. The number of hydrogen-bond acceptors (Lipinski definition) is 8. The van der Waals surface area contributed by atoms with E-state index in [-0.39, 0.29) is 12.4 Å². The van der Waals surface area contributed by atoms with Crippen LogP contribution in [0.15, 0.2) is 79.6 Å². The molecule has 0 atom stereocenters. The lowest BCUT2D eigenvalue weighted by Crippen LogP contribution is -3.00. The fraction of sp³-hybridized carbons (Fsp3) is 0.532. The molecular formula is C47H64Cl2N6O4. The standard InChI is InChI=1S/C47H64ClN6O4.ClH/c1-39(55)58-47-43(35-44(48)42-25-17-27-50-46(42)47)45-38-54(52-51-45)30-13-9-5-7-11-15-32-57-34-20-24-41-22-18-29-53(37-41)28-12-8-4-2-3-6-10-14-31-56-33-19-23-40-21-16-26-49-36-40;/h16-18,21-22,25-27,29,35-38H,2-15,19-20,23-24,28,30-34H2,1H3;1H/q+1;/p-1. The highest BCUT2D eigenvalue weighted by Crippen LogP contribution is 2.39. The molecule has 1 aromatic carbocycles. The third kappa shape index (κ3) is 18.1. The molecule has 0 fully saturated rings. The Kier molecular flexibility index (Phi) is 23.0. The molecule has 5 aromatic rings. The minimum Gasteiger partial charge on any atom is -1.00 e. The minimum atomic E-state index is -0.429. The maximum Gasteiger partial charge on any atom is 0.308 e. The first kappa shape index (κ1) is 47.7. The van der Waals surface area contributed by atoms with E-state index < -0.39 is 5.97 Å². The quantitative estimate of drug-likeness (QED) is 0.0203. The molecule has 4 heterocycles. The van der Waals surface area contributed by atoms with E-state index in [1.807, 2.05) is 35.4 Å².